The average Bonchev–Trinajstić information content (AvgIpc) is 3.39. The first-order valence-electron chi connectivity index (χ1n) is 11.9. The third-order valence-electron chi connectivity index (χ3n) is 7.68. The number of para-hydroxylation sites is 1. The maximum absolute atomic E-state index is 14.8. The first-order valence-corrected chi connectivity index (χ1v) is 12.2. The Bertz CT molecular complexity index is 1770. The van der Waals surface area contributed by atoms with Crippen molar-refractivity contribution in [3.05, 3.63) is 87.3 Å². The molecule has 4 heterocycles. The van der Waals surface area contributed by atoms with Crippen molar-refractivity contribution >= 4 is 40.0 Å². The van der Waals surface area contributed by atoms with Crippen LogP contribution in [-0.2, 0) is 11.1 Å². The number of fused-ring (bicyclic) bond motifs is 4. The lowest BCUT2D eigenvalue weighted by molar-refractivity contribution is 0.0730. The van der Waals surface area contributed by atoms with Gasteiger partial charge in [0.25, 0.3) is 5.56 Å². The SMILES string of the molecule is CN1C(C)(C)c2ccc(Nc3ncc4c(=O)n(-c5c(F)cccc5Cl)c5nccn5c4n3)cc2C1(C)C. The minimum absolute atomic E-state index is 0.0666. The maximum atomic E-state index is 14.8. The van der Waals surface area contributed by atoms with E-state index in [1.54, 1.807) is 10.6 Å². The second-order valence-corrected chi connectivity index (χ2v) is 10.7. The number of aromatic nitrogens is 5. The number of rotatable bonds is 3. The highest BCUT2D eigenvalue weighted by molar-refractivity contribution is 6.32. The molecular weight excluding hydrogens is 493 g/mol. The molecule has 37 heavy (non-hydrogen) atoms. The number of nitrogens with one attached hydrogen (secondary N) is 1. The Balaban J connectivity index is 1.48. The van der Waals surface area contributed by atoms with Crippen LogP contribution in [0.15, 0.2) is 59.8 Å². The zero-order valence-corrected chi connectivity index (χ0v) is 21.8. The van der Waals surface area contributed by atoms with Crippen molar-refractivity contribution in [3.8, 4) is 5.69 Å². The molecule has 0 unspecified atom stereocenters. The molecular formula is C27H25ClFN7O. The molecule has 1 aliphatic rings. The summed E-state index contributed by atoms with van der Waals surface area (Å²) in [5.74, 6) is -0.114. The van der Waals surface area contributed by atoms with E-state index in [1.807, 2.05) is 6.07 Å². The first-order chi connectivity index (χ1) is 17.5. The van der Waals surface area contributed by atoms with Crippen molar-refractivity contribution in [2.24, 2.45) is 0 Å². The van der Waals surface area contributed by atoms with E-state index in [2.05, 4.69) is 72.0 Å². The van der Waals surface area contributed by atoms with Gasteiger partial charge in [-0.3, -0.25) is 14.1 Å². The summed E-state index contributed by atoms with van der Waals surface area (Å²) < 4.78 is 17.5. The molecule has 0 saturated carbocycles. The van der Waals surface area contributed by atoms with E-state index in [-0.39, 0.29) is 33.0 Å². The van der Waals surface area contributed by atoms with Gasteiger partial charge in [0.15, 0.2) is 5.65 Å². The van der Waals surface area contributed by atoms with Gasteiger partial charge < -0.3 is 5.32 Å². The lowest BCUT2D eigenvalue weighted by atomic mass is 9.90. The largest absolute Gasteiger partial charge is 0.324 e. The second-order valence-electron chi connectivity index (χ2n) is 10.3. The fourth-order valence-corrected chi connectivity index (χ4v) is 5.61. The molecule has 0 spiro atoms. The molecule has 8 nitrogen and oxygen atoms in total. The summed E-state index contributed by atoms with van der Waals surface area (Å²) in [4.78, 5) is 29.2. The predicted octanol–water partition coefficient (Wildman–Crippen LogP) is 5.38. The molecule has 0 aliphatic carbocycles. The van der Waals surface area contributed by atoms with Crippen molar-refractivity contribution in [3.63, 3.8) is 0 Å². The van der Waals surface area contributed by atoms with Crippen molar-refractivity contribution in [1.29, 1.82) is 0 Å². The number of hydrogen-bond donors (Lipinski definition) is 1. The predicted molar refractivity (Wildman–Crippen MR) is 142 cm³/mol. The van der Waals surface area contributed by atoms with Crippen LogP contribution in [0.5, 0.6) is 0 Å². The highest BCUT2D eigenvalue weighted by Crippen LogP contribution is 2.48. The molecule has 0 radical (unpaired) electrons. The van der Waals surface area contributed by atoms with Gasteiger partial charge in [0.05, 0.1) is 5.02 Å². The van der Waals surface area contributed by atoms with Crippen LogP contribution in [0, 0.1) is 5.82 Å². The highest BCUT2D eigenvalue weighted by Gasteiger charge is 2.46. The van der Waals surface area contributed by atoms with Crippen molar-refractivity contribution in [2.45, 2.75) is 38.8 Å². The molecule has 0 atom stereocenters. The van der Waals surface area contributed by atoms with E-state index in [9.17, 15) is 9.18 Å². The number of halogens is 2. The van der Waals surface area contributed by atoms with Crippen LogP contribution in [-0.4, -0.2) is 35.9 Å². The minimum Gasteiger partial charge on any atom is -0.324 e. The Kier molecular flexibility index (Phi) is 4.99. The smallest absolute Gasteiger partial charge is 0.270 e. The number of nitrogens with zero attached hydrogens (tertiary/aromatic N) is 6. The summed E-state index contributed by atoms with van der Waals surface area (Å²) in [5, 5.41) is 3.58. The van der Waals surface area contributed by atoms with E-state index >= 15 is 0 Å². The summed E-state index contributed by atoms with van der Waals surface area (Å²) >= 11 is 6.28. The van der Waals surface area contributed by atoms with Gasteiger partial charge in [-0.15, -0.1) is 0 Å². The number of benzene rings is 2. The topological polar surface area (TPSA) is 80.4 Å². The average molecular weight is 518 g/mol. The molecule has 1 N–H and O–H groups in total. The van der Waals surface area contributed by atoms with E-state index in [0.717, 1.165) is 10.3 Å². The standard InChI is InChI=1S/C27H25ClFN7O/c1-26(2)17-10-9-15(13-18(17)27(3,4)34(26)5)32-24-31-14-16-22(33-24)35-12-11-30-25(35)36(23(16)37)21-19(28)7-6-8-20(21)29/h6-14H,1-5H3,(H,31,32,33). The molecule has 5 aromatic rings. The Morgan fingerprint density at radius 1 is 1.03 bits per heavy atom. The molecule has 3 aromatic heterocycles. The van der Waals surface area contributed by atoms with E-state index < -0.39 is 11.4 Å². The van der Waals surface area contributed by atoms with Gasteiger partial charge in [-0.2, -0.15) is 4.98 Å². The van der Waals surface area contributed by atoms with Gasteiger partial charge in [0.1, 0.15) is 16.9 Å². The molecule has 2 aromatic carbocycles. The molecule has 0 amide bonds. The van der Waals surface area contributed by atoms with E-state index in [1.165, 1.54) is 41.7 Å². The number of hydrogen-bond acceptors (Lipinski definition) is 6. The molecule has 0 bridgehead atoms. The summed E-state index contributed by atoms with van der Waals surface area (Å²) in [6.45, 7) is 8.86. The van der Waals surface area contributed by atoms with Crippen LogP contribution in [0.3, 0.4) is 0 Å². The molecule has 0 saturated heterocycles. The Labute approximate surface area is 217 Å². The third-order valence-corrected chi connectivity index (χ3v) is 7.99. The monoisotopic (exact) mass is 517 g/mol. The minimum atomic E-state index is -0.633. The second kappa shape index (κ2) is 7.84. The maximum Gasteiger partial charge on any atom is 0.270 e. The third kappa shape index (κ3) is 3.30. The van der Waals surface area contributed by atoms with Gasteiger partial charge in [-0.05, 0) is 70.1 Å². The lowest BCUT2D eigenvalue weighted by Gasteiger charge is -2.37. The van der Waals surface area contributed by atoms with Crippen molar-refractivity contribution in [2.75, 3.05) is 12.4 Å². The number of anilines is 2. The van der Waals surface area contributed by atoms with Crippen LogP contribution >= 0.6 is 11.6 Å². The summed E-state index contributed by atoms with van der Waals surface area (Å²) in [7, 11) is 2.14. The Morgan fingerprint density at radius 3 is 2.54 bits per heavy atom. The fourth-order valence-electron chi connectivity index (χ4n) is 5.36. The van der Waals surface area contributed by atoms with Gasteiger partial charge in [-0.1, -0.05) is 23.7 Å². The summed E-state index contributed by atoms with van der Waals surface area (Å²) in [5.41, 5.74) is 2.87. The number of imidazole rings is 1. The quantitative estimate of drug-likeness (QED) is 0.346. The van der Waals surface area contributed by atoms with Gasteiger partial charge in [0, 0.05) is 35.4 Å². The molecule has 1 aliphatic heterocycles. The Morgan fingerprint density at radius 2 is 1.78 bits per heavy atom. The van der Waals surface area contributed by atoms with Crippen LogP contribution in [0.4, 0.5) is 16.0 Å². The van der Waals surface area contributed by atoms with Gasteiger partial charge in [0.2, 0.25) is 11.7 Å². The summed E-state index contributed by atoms with van der Waals surface area (Å²) in [6, 6.07) is 10.5. The molecule has 188 valence electrons. The van der Waals surface area contributed by atoms with Crippen molar-refractivity contribution < 1.29 is 4.39 Å². The van der Waals surface area contributed by atoms with Crippen LogP contribution in [0.1, 0.15) is 38.8 Å². The first kappa shape index (κ1) is 23.6. The zero-order chi connectivity index (χ0) is 26.3. The molecule has 0 fully saturated rings. The normalized spacial score (nSPS) is 16.4. The lowest BCUT2D eigenvalue weighted by Crippen LogP contribution is -2.42. The van der Waals surface area contributed by atoms with Gasteiger partial charge in [-0.25, -0.2) is 18.9 Å². The Hall–Kier alpha value is -3.82. The fraction of sp³-hybridized carbons (Fsp3) is 0.259. The van der Waals surface area contributed by atoms with E-state index in [0.29, 0.717) is 11.6 Å². The van der Waals surface area contributed by atoms with Gasteiger partial charge >= 0.3 is 0 Å². The molecule has 10 heteroatoms. The highest BCUT2D eigenvalue weighted by atomic mass is 35.5. The van der Waals surface area contributed by atoms with Crippen molar-refractivity contribution in [1.82, 2.24) is 28.8 Å². The van der Waals surface area contributed by atoms with Crippen LogP contribution < -0.4 is 10.9 Å². The van der Waals surface area contributed by atoms with Crippen LogP contribution in [0.2, 0.25) is 5.02 Å². The zero-order valence-electron chi connectivity index (χ0n) is 21.0. The van der Waals surface area contributed by atoms with Crippen LogP contribution in [0.25, 0.3) is 22.5 Å². The molecule has 6 rings (SSSR count). The summed E-state index contributed by atoms with van der Waals surface area (Å²) in [6.07, 6.45) is 4.62. The van der Waals surface area contributed by atoms with E-state index in [4.69, 9.17) is 11.6 Å².